The molecule has 2 aromatic carbocycles. The fourth-order valence-electron chi connectivity index (χ4n) is 5.10. The van der Waals surface area contributed by atoms with Crippen molar-refractivity contribution in [1.82, 2.24) is 9.97 Å². The number of aromatic nitrogens is 2. The standard InChI is InChI=1S/C30H32N2O5S/c1-3-21(14-20-8-5-4-6-9-20)27-16-26(33)25(30(34)37-27)15-23-10-7-11-24(29(23)22-12-13-22)18-38(35,36)28-17-31-19(2)32-28/h4-11,16-17,21-22,33H,3,12-15,18H2,1-2H3,(H,31,32). The molecule has 1 fully saturated rings. The van der Waals surface area contributed by atoms with Gasteiger partial charge in [0.25, 0.3) is 0 Å². The number of nitrogens with one attached hydrogen (secondary N) is 1. The number of hydrogen-bond donors (Lipinski definition) is 2. The van der Waals surface area contributed by atoms with Crippen molar-refractivity contribution in [3.05, 3.63) is 111 Å². The Hall–Kier alpha value is -3.65. The minimum absolute atomic E-state index is 0.0250. The number of benzene rings is 2. The summed E-state index contributed by atoms with van der Waals surface area (Å²) in [5.74, 6) is 0.953. The predicted octanol–water partition coefficient (Wildman–Crippen LogP) is 5.56. The number of H-pyrrole nitrogens is 1. The van der Waals surface area contributed by atoms with E-state index in [0.717, 1.165) is 36.0 Å². The maximum Gasteiger partial charge on any atom is 0.343 e. The largest absolute Gasteiger partial charge is 0.507 e. The van der Waals surface area contributed by atoms with Gasteiger partial charge in [-0.3, -0.25) is 0 Å². The lowest BCUT2D eigenvalue weighted by Gasteiger charge is -2.17. The van der Waals surface area contributed by atoms with Crippen molar-refractivity contribution in [2.24, 2.45) is 0 Å². The Morgan fingerprint density at radius 1 is 1.11 bits per heavy atom. The van der Waals surface area contributed by atoms with E-state index in [1.165, 1.54) is 6.20 Å². The second kappa shape index (κ2) is 10.6. The van der Waals surface area contributed by atoms with Crippen molar-refractivity contribution in [2.75, 3.05) is 0 Å². The fraction of sp³-hybridized carbons (Fsp3) is 0.333. The summed E-state index contributed by atoms with van der Waals surface area (Å²) in [4.78, 5) is 20.0. The van der Waals surface area contributed by atoms with E-state index in [-0.39, 0.29) is 40.3 Å². The van der Waals surface area contributed by atoms with Gasteiger partial charge < -0.3 is 14.5 Å². The zero-order valence-corrected chi connectivity index (χ0v) is 22.4. The Morgan fingerprint density at radius 2 is 1.84 bits per heavy atom. The van der Waals surface area contributed by atoms with Crippen LogP contribution in [0.4, 0.5) is 0 Å². The van der Waals surface area contributed by atoms with E-state index >= 15 is 0 Å². The number of imidazole rings is 1. The third kappa shape index (κ3) is 5.60. The third-order valence-corrected chi connectivity index (χ3v) is 8.79. The summed E-state index contributed by atoms with van der Waals surface area (Å²) < 4.78 is 31.9. The van der Waals surface area contributed by atoms with Gasteiger partial charge in [-0.05, 0) is 60.8 Å². The maximum absolute atomic E-state index is 13.1. The minimum atomic E-state index is -3.64. The molecule has 7 nitrogen and oxygen atoms in total. The molecule has 198 valence electrons. The van der Waals surface area contributed by atoms with Crippen molar-refractivity contribution < 1.29 is 17.9 Å². The van der Waals surface area contributed by atoms with Crippen molar-refractivity contribution in [1.29, 1.82) is 0 Å². The van der Waals surface area contributed by atoms with E-state index in [1.54, 1.807) is 13.0 Å². The van der Waals surface area contributed by atoms with Gasteiger partial charge in [-0.25, -0.2) is 18.2 Å². The van der Waals surface area contributed by atoms with Crippen molar-refractivity contribution in [2.45, 2.75) is 68.6 Å². The molecule has 1 saturated carbocycles. The first-order valence-electron chi connectivity index (χ1n) is 13.0. The summed E-state index contributed by atoms with van der Waals surface area (Å²) >= 11 is 0. The molecule has 1 unspecified atom stereocenters. The predicted molar refractivity (Wildman–Crippen MR) is 145 cm³/mol. The Balaban J connectivity index is 1.44. The highest BCUT2D eigenvalue weighted by Crippen LogP contribution is 2.44. The molecule has 8 heteroatoms. The molecule has 0 aliphatic heterocycles. The summed E-state index contributed by atoms with van der Waals surface area (Å²) in [7, 11) is -3.64. The normalized spacial score (nSPS) is 14.5. The van der Waals surface area contributed by atoms with E-state index in [2.05, 4.69) is 9.97 Å². The number of aryl methyl sites for hydroxylation is 1. The van der Waals surface area contributed by atoms with Crippen LogP contribution in [-0.4, -0.2) is 23.5 Å². The van der Waals surface area contributed by atoms with Crippen LogP contribution in [0.15, 0.2) is 75.0 Å². The SMILES string of the molecule is CCC(Cc1ccccc1)c1cc(O)c(Cc2cccc(CS(=O)(=O)c3c[nH]c(C)n3)c2C2CC2)c(=O)o1. The second-order valence-electron chi connectivity index (χ2n) is 10.1. The van der Waals surface area contributed by atoms with Crippen LogP contribution in [0.25, 0.3) is 0 Å². The summed E-state index contributed by atoms with van der Waals surface area (Å²) in [6, 6.07) is 17.1. The quantitative estimate of drug-likeness (QED) is 0.277. The molecule has 1 aliphatic rings. The zero-order chi connectivity index (χ0) is 26.9. The molecule has 5 rings (SSSR count). The molecule has 38 heavy (non-hydrogen) atoms. The van der Waals surface area contributed by atoms with Crippen LogP contribution in [0.3, 0.4) is 0 Å². The highest BCUT2D eigenvalue weighted by Gasteiger charge is 2.31. The summed E-state index contributed by atoms with van der Waals surface area (Å²) in [5, 5.41) is 11.0. The molecule has 1 atom stereocenters. The van der Waals surface area contributed by atoms with Gasteiger partial charge in [0.2, 0.25) is 9.84 Å². The van der Waals surface area contributed by atoms with E-state index in [0.29, 0.717) is 23.6 Å². The van der Waals surface area contributed by atoms with Gasteiger partial charge in [0.15, 0.2) is 5.03 Å². The molecule has 0 spiro atoms. The molecule has 2 aromatic heterocycles. The molecular weight excluding hydrogens is 500 g/mol. The Morgan fingerprint density at radius 3 is 2.47 bits per heavy atom. The van der Waals surface area contributed by atoms with Crippen LogP contribution in [0.1, 0.15) is 77.4 Å². The van der Waals surface area contributed by atoms with Gasteiger partial charge in [-0.1, -0.05) is 55.5 Å². The van der Waals surface area contributed by atoms with Crippen LogP contribution in [0.2, 0.25) is 0 Å². The second-order valence-corrected chi connectivity index (χ2v) is 12.1. The number of nitrogens with zero attached hydrogens (tertiary/aromatic N) is 1. The number of hydrogen-bond acceptors (Lipinski definition) is 6. The van der Waals surface area contributed by atoms with Crippen LogP contribution < -0.4 is 5.63 Å². The first-order valence-corrected chi connectivity index (χ1v) is 14.7. The van der Waals surface area contributed by atoms with Crippen LogP contribution in [0.5, 0.6) is 5.75 Å². The molecule has 0 radical (unpaired) electrons. The Labute approximate surface area is 222 Å². The monoisotopic (exact) mass is 532 g/mol. The molecule has 0 bridgehead atoms. The summed E-state index contributed by atoms with van der Waals surface area (Å²) in [5.41, 5.74) is 3.26. The molecule has 2 heterocycles. The summed E-state index contributed by atoms with van der Waals surface area (Å²) in [6.45, 7) is 3.74. The molecule has 2 N–H and O–H groups in total. The van der Waals surface area contributed by atoms with Crippen molar-refractivity contribution in [3.8, 4) is 5.75 Å². The summed E-state index contributed by atoms with van der Waals surface area (Å²) in [6.07, 6.45) is 4.97. The van der Waals surface area contributed by atoms with Crippen molar-refractivity contribution >= 4 is 9.84 Å². The Bertz CT molecular complexity index is 1600. The highest BCUT2D eigenvalue weighted by molar-refractivity contribution is 7.90. The van der Waals surface area contributed by atoms with Crippen molar-refractivity contribution in [3.63, 3.8) is 0 Å². The molecule has 0 amide bonds. The van der Waals surface area contributed by atoms with E-state index in [1.807, 2.05) is 55.5 Å². The van der Waals surface area contributed by atoms with E-state index < -0.39 is 15.5 Å². The number of rotatable bonds is 10. The minimum Gasteiger partial charge on any atom is -0.507 e. The lowest BCUT2D eigenvalue weighted by molar-refractivity contribution is 0.387. The van der Waals surface area contributed by atoms with Crippen LogP contribution in [0, 0.1) is 6.92 Å². The van der Waals surface area contributed by atoms with Gasteiger partial charge in [0, 0.05) is 24.6 Å². The number of aromatic amines is 1. The first-order chi connectivity index (χ1) is 18.2. The third-order valence-electron chi connectivity index (χ3n) is 7.25. The fourth-order valence-corrected chi connectivity index (χ4v) is 6.42. The highest BCUT2D eigenvalue weighted by atomic mass is 32.2. The zero-order valence-electron chi connectivity index (χ0n) is 21.6. The van der Waals surface area contributed by atoms with Gasteiger partial charge >= 0.3 is 5.63 Å². The topological polar surface area (TPSA) is 113 Å². The van der Waals surface area contributed by atoms with Gasteiger partial charge in [0.1, 0.15) is 17.3 Å². The van der Waals surface area contributed by atoms with Gasteiger partial charge in [0.05, 0.1) is 11.3 Å². The van der Waals surface area contributed by atoms with Crippen LogP contribution >= 0.6 is 0 Å². The average molecular weight is 533 g/mol. The molecule has 1 aliphatic carbocycles. The maximum atomic E-state index is 13.1. The smallest absolute Gasteiger partial charge is 0.343 e. The van der Waals surface area contributed by atoms with E-state index in [9.17, 15) is 18.3 Å². The lowest BCUT2D eigenvalue weighted by atomic mass is 9.92. The van der Waals surface area contributed by atoms with E-state index in [4.69, 9.17) is 4.42 Å². The molecule has 0 saturated heterocycles. The van der Waals surface area contributed by atoms with Gasteiger partial charge in [-0.15, -0.1) is 0 Å². The molecule has 4 aromatic rings. The Kier molecular flexibility index (Phi) is 7.25. The number of aromatic hydroxyl groups is 1. The van der Waals surface area contributed by atoms with Gasteiger partial charge in [-0.2, -0.15) is 0 Å². The molecular formula is C30H32N2O5S. The average Bonchev–Trinajstić information content (AvgIpc) is 3.63. The lowest BCUT2D eigenvalue weighted by Crippen LogP contribution is -2.14. The number of sulfone groups is 1. The van der Waals surface area contributed by atoms with Crippen LogP contribution in [-0.2, 0) is 28.4 Å². The first kappa shape index (κ1) is 26.0.